The quantitative estimate of drug-likeness (QED) is 0.526. The van der Waals surface area contributed by atoms with Crippen LogP contribution in [-0.4, -0.2) is 25.5 Å². The fraction of sp³-hybridized carbons (Fsp3) is 0.120. The van der Waals surface area contributed by atoms with E-state index < -0.39 is 29.1 Å². The molecule has 0 aliphatic carbocycles. The second-order valence-electron chi connectivity index (χ2n) is 7.10. The van der Waals surface area contributed by atoms with Crippen molar-refractivity contribution < 1.29 is 27.8 Å². The molecule has 0 aromatic heterocycles. The number of rotatable bonds is 7. The first-order chi connectivity index (χ1) is 15.9. The Balaban J connectivity index is 1.80. The Labute approximate surface area is 189 Å². The number of amides is 2. The van der Waals surface area contributed by atoms with Gasteiger partial charge >= 0.3 is 0 Å². The lowest BCUT2D eigenvalue weighted by atomic mass is 10.0. The molecule has 0 saturated heterocycles. The normalized spacial score (nSPS) is 13.5. The first kappa shape index (κ1) is 22.0. The average molecular weight is 450 g/mol. The standard InChI is InChI=1S/C25H20F2N2O4/c1-3-33-19-9-4-15(5-10-19)22-23(28-17-7-11-18(32-2)12-8-17)25(31)29(24(22)30)21-14-16(26)6-13-20(21)27/h4-14,28H,3H2,1-2H3. The van der Waals surface area contributed by atoms with Crippen LogP contribution in [0.4, 0.5) is 20.2 Å². The predicted octanol–water partition coefficient (Wildman–Crippen LogP) is 4.77. The fourth-order valence-electron chi connectivity index (χ4n) is 3.49. The van der Waals surface area contributed by atoms with Crippen LogP contribution in [0.3, 0.4) is 0 Å². The third-order valence-corrected chi connectivity index (χ3v) is 5.05. The number of nitrogens with zero attached hydrogens (tertiary/aromatic N) is 1. The highest BCUT2D eigenvalue weighted by Crippen LogP contribution is 2.35. The van der Waals surface area contributed by atoms with E-state index in [2.05, 4.69) is 5.32 Å². The second kappa shape index (κ2) is 9.12. The van der Waals surface area contributed by atoms with Gasteiger partial charge in [-0.25, -0.2) is 13.7 Å². The maximum absolute atomic E-state index is 14.5. The maximum atomic E-state index is 14.5. The van der Waals surface area contributed by atoms with Gasteiger partial charge in [0.05, 0.1) is 25.0 Å². The smallest absolute Gasteiger partial charge is 0.282 e. The lowest BCUT2D eigenvalue weighted by Gasteiger charge is -2.16. The molecule has 1 aliphatic rings. The van der Waals surface area contributed by atoms with E-state index in [1.165, 1.54) is 7.11 Å². The molecule has 0 spiro atoms. The van der Waals surface area contributed by atoms with E-state index in [1.807, 2.05) is 6.92 Å². The summed E-state index contributed by atoms with van der Waals surface area (Å²) in [7, 11) is 1.53. The van der Waals surface area contributed by atoms with Crippen molar-refractivity contribution in [2.75, 3.05) is 23.9 Å². The van der Waals surface area contributed by atoms with Gasteiger partial charge in [-0.3, -0.25) is 9.59 Å². The SMILES string of the molecule is CCOc1ccc(C2=C(Nc3ccc(OC)cc3)C(=O)N(c3cc(F)ccc3F)C2=O)cc1. The van der Waals surface area contributed by atoms with Crippen molar-refractivity contribution in [1.29, 1.82) is 0 Å². The van der Waals surface area contributed by atoms with Crippen molar-refractivity contribution in [2.45, 2.75) is 6.92 Å². The van der Waals surface area contributed by atoms with Crippen LogP contribution in [0.25, 0.3) is 5.57 Å². The van der Waals surface area contributed by atoms with Crippen molar-refractivity contribution in [1.82, 2.24) is 0 Å². The van der Waals surface area contributed by atoms with Crippen molar-refractivity contribution >= 4 is 28.8 Å². The van der Waals surface area contributed by atoms with Crippen LogP contribution < -0.4 is 19.7 Å². The molecular formula is C25H20F2N2O4. The summed E-state index contributed by atoms with van der Waals surface area (Å²) in [5.74, 6) is -2.04. The van der Waals surface area contributed by atoms with E-state index in [4.69, 9.17) is 9.47 Å². The first-order valence-electron chi connectivity index (χ1n) is 10.2. The predicted molar refractivity (Wildman–Crippen MR) is 120 cm³/mol. The van der Waals surface area contributed by atoms with Crippen LogP contribution in [0.2, 0.25) is 0 Å². The molecule has 0 fully saturated rings. The largest absolute Gasteiger partial charge is 0.497 e. The van der Waals surface area contributed by atoms with Crippen molar-refractivity contribution in [3.8, 4) is 11.5 Å². The number of halogens is 2. The highest BCUT2D eigenvalue weighted by molar-refractivity contribution is 6.46. The topological polar surface area (TPSA) is 67.9 Å². The van der Waals surface area contributed by atoms with Crippen LogP contribution in [0.15, 0.2) is 72.4 Å². The first-order valence-corrected chi connectivity index (χ1v) is 10.2. The molecule has 8 heteroatoms. The Morgan fingerprint density at radius 1 is 0.879 bits per heavy atom. The highest BCUT2D eigenvalue weighted by atomic mass is 19.1. The summed E-state index contributed by atoms with van der Waals surface area (Å²) in [6.45, 7) is 2.31. The zero-order chi connectivity index (χ0) is 23.5. The summed E-state index contributed by atoms with van der Waals surface area (Å²) < 4.78 is 38.9. The van der Waals surface area contributed by atoms with Gasteiger partial charge in [-0.05, 0) is 61.0 Å². The van der Waals surface area contributed by atoms with E-state index in [0.717, 1.165) is 18.2 Å². The Hall–Kier alpha value is -4.20. The zero-order valence-corrected chi connectivity index (χ0v) is 17.9. The third kappa shape index (κ3) is 4.27. The molecular weight excluding hydrogens is 430 g/mol. The van der Waals surface area contributed by atoms with Crippen LogP contribution in [0.5, 0.6) is 11.5 Å². The maximum Gasteiger partial charge on any atom is 0.282 e. The number of nitrogens with one attached hydrogen (secondary N) is 1. The molecule has 1 heterocycles. The van der Waals surface area contributed by atoms with Crippen LogP contribution in [0, 0.1) is 11.6 Å². The van der Waals surface area contributed by atoms with Gasteiger partial charge in [-0.1, -0.05) is 12.1 Å². The summed E-state index contributed by atoms with van der Waals surface area (Å²) in [6, 6.07) is 15.9. The summed E-state index contributed by atoms with van der Waals surface area (Å²) in [5, 5.41) is 2.96. The van der Waals surface area contributed by atoms with Crippen molar-refractivity contribution in [3.63, 3.8) is 0 Å². The van der Waals surface area contributed by atoms with Gasteiger partial charge in [0.25, 0.3) is 11.8 Å². The molecule has 168 valence electrons. The molecule has 1 N–H and O–H groups in total. The molecule has 1 aliphatic heterocycles. The minimum absolute atomic E-state index is 0.0301. The number of carbonyl (C=O) groups is 2. The van der Waals surface area contributed by atoms with E-state index in [9.17, 15) is 18.4 Å². The molecule has 33 heavy (non-hydrogen) atoms. The third-order valence-electron chi connectivity index (χ3n) is 5.05. The lowest BCUT2D eigenvalue weighted by Crippen LogP contribution is -2.33. The van der Waals surface area contributed by atoms with Crippen LogP contribution >= 0.6 is 0 Å². The van der Waals surface area contributed by atoms with E-state index in [-0.39, 0.29) is 11.3 Å². The van der Waals surface area contributed by atoms with Gasteiger partial charge in [-0.15, -0.1) is 0 Å². The Kier molecular flexibility index (Phi) is 6.08. The molecule has 0 radical (unpaired) electrons. The number of ether oxygens (including phenoxy) is 2. The number of imide groups is 1. The molecule has 0 saturated carbocycles. The molecule has 2 amide bonds. The number of hydrogen-bond donors (Lipinski definition) is 1. The molecule has 6 nitrogen and oxygen atoms in total. The Morgan fingerprint density at radius 2 is 1.55 bits per heavy atom. The van der Waals surface area contributed by atoms with E-state index in [0.29, 0.717) is 34.3 Å². The van der Waals surface area contributed by atoms with Crippen LogP contribution in [-0.2, 0) is 9.59 Å². The molecule has 3 aromatic rings. The second-order valence-corrected chi connectivity index (χ2v) is 7.10. The summed E-state index contributed by atoms with van der Waals surface area (Å²) in [4.78, 5) is 27.3. The van der Waals surface area contributed by atoms with Gasteiger partial charge in [0.2, 0.25) is 0 Å². The number of anilines is 2. The van der Waals surface area contributed by atoms with Gasteiger partial charge in [0, 0.05) is 11.8 Å². The van der Waals surface area contributed by atoms with E-state index >= 15 is 0 Å². The number of hydrogen-bond acceptors (Lipinski definition) is 5. The van der Waals surface area contributed by atoms with Gasteiger partial charge in [-0.2, -0.15) is 0 Å². The summed E-state index contributed by atoms with van der Waals surface area (Å²) in [5.41, 5.74) is 0.449. The van der Waals surface area contributed by atoms with Gasteiger partial charge in [0.1, 0.15) is 28.8 Å². The summed E-state index contributed by atoms with van der Waals surface area (Å²) >= 11 is 0. The highest BCUT2D eigenvalue weighted by Gasteiger charge is 2.41. The molecule has 4 rings (SSSR count). The van der Waals surface area contributed by atoms with Gasteiger partial charge < -0.3 is 14.8 Å². The zero-order valence-electron chi connectivity index (χ0n) is 17.9. The molecule has 0 bridgehead atoms. The number of benzene rings is 3. The van der Waals surface area contributed by atoms with Crippen molar-refractivity contribution in [3.05, 3.63) is 89.6 Å². The summed E-state index contributed by atoms with van der Waals surface area (Å²) in [6.07, 6.45) is 0. The van der Waals surface area contributed by atoms with E-state index in [1.54, 1.807) is 48.5 Å². The van der Waals surface area contributed by atoms with Crippen LogP contribution in [0.1, 0.15) is 12.5 Å². The Morgan fingerprint density at radius 3 is 2.18 bits per heavy atom. The minimum Gasteiger partial charge on any atom is -0.497 e. The average Bonchev–Trinajstić information content (AvgIpc) is 3.06. The fourth-order valence-corrected chi connectivity index (χ4v) is 3.49. The molecule has 0 unspecified atom stereocenters. The molecule has 3 aromatic carbocycles. The lowest BCUT2D eigenvalue weighted by molar-refractivity contribution is -0.120. The minimum atomic E-state index is -0.894. The number of carbonyl (C=O) groups excluding carboxylic acids is 2. The van der Waals surface area contributed by atoms with Gasteiger partial charge in [0.15, 0.2) is 0 Å². The number of methoxy groups -OCH3 is 1. The van der Waals surface area contributed by atoms with Crippen molar-refractivity contribution in [2.24, 2.45) is 0 Å². The Bertz CT molecular complexity index is 1240. The monoisotopic (exact) mass is 450 g/mol. The molecule has 0 atom stereocenters.